The van der Waals surface area contributed by atoms with E-state index < -0.39 is 6.10 Å². The maximum Gasteiger partial charge on any atom is 0.347 e. The lowest BCUT2D eigenvalue weighted by atomic mass is 9.87. The quantitative estimate of drug-likeness (QED) is 0.187. The van der Waals surface area contributed by atoms with Crippen molar-refractivity contribution in [1.82, 2.24) is 10.2 Å². The van der Waals surface area contributed by atoms with Crippen LogP contribution in [0.15, 0.2) is 78.9 Å². The number of hydrogen-bond donors (Lipinski definition) is 1. The van der Waals surface area contributed by atoms with Crippen molar-refractivity contribution in [2.24, 2.45) is 17.8 Å². The van der Waals surface area contributed by atoms with Crippen LogP contribution in [-0.2, 0) is 32.7 Å². The predicted octanol–water partition coefficient (Wildman–Crippen LogP) is 5.80. The van der Waals surface area contributed by atoms with Gasteiger partial charge in [0.25, 0.3) is 0 Å². The highest BCUT2D eigenvalue weighted by atomic mass is 16.6. The molecular formula is C37H46N2O5. The molecule has 1 saturated heterocycles. The van der Waals surface area contributed by atoms with Crippen LogP contribution in [0.3, 0.4) is 0 Å². The lowest BCUT2D eigenvalue weighted by Gasteiger charge is -2.21. The SMILES string of the molecule is CCOC(=O)[C@H](Cc1ccc(OCCNC(=O)CC2C3CN(Cc4ccccc4)C[C@H]23)cc1)Oc1ccc(C(C)(C)C)cc1. The van der Waals surface area contributed by atoms with Crippen molar-refractivity contribution in [3.8, 4) is 11.5 Å². The number of carbonyl (C=O) groups is 2. The maximum atomic E-state index is 12.7. The summed E-state index contributed by atoms with van der Waals surface area (Å²) in [5, 5.41) is 3.02. The summed E-state index contributed by atoms with van der Waals surface area (Å²) in [5.74, 6) is 2.89. The zero-order valence-corrected chi connectivity index (χ0v) is 26.5. The maximum absolute atomic E-state index is 12.7. The molecule has 1 N–H and O–H groups in total. The third-order valence-electron chi connectivity index (χ3n) is 8.70. The zero-order valence-electron chi connectivity index (χ0n) is 26.5. The van der Waals surface area contributed by atoms with Crippen molar-refractivity contribution < 1.29 is 23.8 Å². The van der Waals surface area contributed by atoms with Gasteiger partial charge >= 0.3 is 5.97 Å². The van der Waals surface area contributed by atoms with E-state index in [1.54, 1.807) is 6.92 Å². The molecule has 7 heteroatoms. The van der Waals surface area contributed by atoms with Gasteiger partial charge in [-0.25, -0.2) is 4.79 Å². The number of carbonyl (C=O) groups excluding carboxylic acids is 2. The van der Waals surface area contributed by atoms with Gasteiger partial charge in [-0.15, -0.1) is 0 Å². The molecule has 1 amide bonds. The molecule has 1 heterocycles. The number of ether oxygens (including phenoxy) is 3. The fourth-order valence-corrected chi connectivity index (χ4v) is 6.20. The Bertz CT molecular complexity index is 1360. The van der Waals surface area contributed by atoms with E-state index in [0.29, 0.717) is 61.9 Å². The van der Waals surface area contributed by atoms with E-state index in [-0.39, 0.29) is 17.3 Å². The highest BCUT2D eigenvalue weighted by Gasteiger charge is 2.55. The van der Waals surface area contributed by atoms with Crippen LogP contribution in [0, 0.1) is 17.8 Å². The molecule has 0 aromatic heterocycles. The van der Waals surface area contributed by atoms with Gasteiger partial charge in [0, 0.05) is 32.5 Å². The summed E-state index contributed by atoms with van der Waals surface area (Å²) in [6.07, 6.45) is 0.229. The first kappa shape index (κ1) is 31.6. The van der Waals surface area contributed by atoms with Gasteiger partial charge in [0.05, 0.1) is 13.2 Å². The molecule has 2 unspecified atom stereocenters. The summed E-state index contributed by atoms with van der Waals surface area (Å²) in [4.78, 5) is 27.7. The first-order valence-corrected chi connectivity index (χ1v) is 15.9. The molecule has 2 aliphatic rings. The lowest BCUT2D eigenvalue weighted by molar-refractivity contribution is -0.151. The van der Waals surface area contributed by atoms with E-state index in [0.717, 1.165) is 25.2 Å². The molecular weight excluding hydrogens is 552 g/mol. The molecule has 3 aromatic carbocycles. The van der Waals surface area contributed by atoms with Gasteiger partial charge in [-0.3, -0.25) is 9.69 Å². The molecule has 44 heavy (non-hydrogen) atoms. The van der Waals surface area contributed by atoms with Crippen LogP contribution in [0.4, 0.5) is 0 Å². The normalized spacial score (nSPS) is 20.0. The molecule has 7 nitrogen and oxygen atoms in total. The van der Waals surface area contributed by atoms with E-state index in [2.05, 4.69) is 61.3 Å². The first-order chi connectivity index (χ1) is 21.2. The number of esters is 1. The Morgan fingerprint density at radius 2 is 1.55 bits per heavy atom. The van der Waals surface area contributed by atoms with Crippen LogP contribution in [0.2, 0.25) is 0 Å². The van der Waals surface area contributed by atoms with Gasteiger partial charge in [-0.1, -0.05) is 75.4 Å². The molecule has 4 atom stereocenters. The van der Waals surface area contributed by atoms with Gasteiger partial charge < -0.3 is 19.5 Å². The minimum absolute atomic E-state index is 0.0380. The summed E-state index contributed by atoms with van der Waals surface area (Å²) in [7, 11) is 0. The summed E-state index contributed by atoms with van der Waals surface area (Å²) in [5.41, 5.74) is 3.53. The molecule has 3 aromatic rings. The predicted molar refractivity (Wildman–Crippen MR) is 172 cm³/mol. The van der Waals surface area contributed by atoms with Gasteiger partial charge in [-0.05, 0) is 71.0 Å². The number of nitrogens with one attached hydrogen (secondary N) is 1. The molecule has 0 spiro atoms. The summed E-state index contributed by atoms with van der Waals surface area (Å²) < 4.78 is 17.2. The lowest BCUT2D eigenvalue weighted by Crippen LogP contribution is -2.31. The number of likely N-dealkylation sites (tertiary alicyclic amines) is 1. The third-order valence-corrected chi connectivity index (χ3v) is 8.70. The van der Waals surface area contributed by atoms with Crippen molar-refractivity contribution in [3.05, 3.63) is 95.6 Å². The highest BCUT2D eigenvalue weighted by Crippen LogP contribution is 2.53. The third kappa shape index (κ3) is 8.63. The molecule has 0 bridgehead atoms. The fraction of sp³-hybridized carbons (Fsp3) is 0.459. The summed E-state index contributed by atoms with van der Waals surface area (Å²) >= 11 is 0. The van der Waals surface area contributed by atoms with Gasteiger partial charge in [0.2, 0.25) is 5.91 Å². The average Bonchev–Trinajstić information content (AvgIpc) is 3.43. The number of benzene rings is 3. The molecule has 0 radical (unpaired) electrons. The Balaban J connectivity index is 1.01. The molecule has 2 fully saturated rings. The number of rotatable bonds is 14. The van der Waals surface area contributed by atoms with Crippen LogP contribution in [0.25, 0.3) is 0 Å². The number of nitrogens with zero attached hydrogens (tertiary/aromatic N) is 1. The minimum atomic E-state index is -0.754. The highest BCUT2D eigenvalue weighted by molar-refractivity contribution is 5.76. The Morgan fingerprint density at radius 1 is 0.886 bits per heavy atom. The molecule has 234 valence electrons. The zero-order chi connectivity index (χ0) is 31.1. The molecule has 1 aliphatic carbocycles. The average molecular weight is 599 g/mol. The standard InChI is InChI=1S/C37H46N2O5/c1-5-42-36(41)34(44-30-17-13-28(14-18-30)37(2,3)4)21-26-11-15-29(16-12-26)43-20-19-38-35(40)22-31-32-24-39(25-33(31)32)23-27-9-7-6-8-10-27/h6-18,31-34H,5,19-25H2,1-4H3,(H,38,40)/t31?,32-,33?,34+/m1/s1. The van der Waals surface area contributed by atoms with Crippen molar-refractivity contribution >= 4 is 11.9 Å². The monoisotopic (exact) mass is 598 g/mol. The van der Waals surface area contributed by atoms with Crippen molar-refractivity contribution in [3.63, 3.8) is 0 Å². The van der Waals surface area contributed by atoms with Crippen LogP contribution in [0.1, 0.15) is 50.8 Å². The van der Waals surface area contributed by atoms with Crippen molar-refractivity contribution in [2.45, 2.75) is 58.6 Å². The minimum Gasteiger partial charge on any atom is -0.492 e. The Kier molecular flexibility index (Phi) is 10.3. The van der Waals surface area contributed by atoms with Gasteiger partial charge in [0.1, 0.15) is 18.1 Å². The van der Waals surface area contributed by atoms with Crippen LogP contribution in [0.5, 0.6) is 11.5 Å². The van der Waals surface area contributed by atoms with Crippen molar-refractivity contribution in [2.75, 3.05) is 32.8 Å². The molecule has 1 aliphatic heterocycles. The Hall–Kier alpha value is -3.84. The second kappa shape index (κ2) is 14.3. The molecule has 1 saturated carbocycles. The van der Waals surface area contributed by atoms with E-state index in [4.69, 9.17) is 14.2 Å². The largest absolute Gasteiger partial charge is 0.492 e. The number of hydrogen-bond acceptors (Lipinski definition) is 6. The molecule has 5 rings (SSSR count). The van der Waals surface area contributed by atoms with Gasteiger partial charge in [-0.2, -0.15) is 0 Å². The van der Waals surface area contributed by atoms with E-state index in [1.165, 1.54) is 11.1 Å². The first-order valence-electron chi connectivity index (χ1n) is 15.9. The summed E-state index contributed by atoms with van der Waals surface area (Å²) in [6.45, 7) is 12.6. The number of fused-ring (bicyclic) bond motifs is 1. The topological polar surface area (TPSA) is 77.1 Å². The summed E-state index contributed by atoms with van der Waals surface area (Å²) in [6, 6.07) is 26.1. The van der Waals surface area contributed by atoms with Crippen LogP contribution >= 0.6 is 0 Å². The number of amides is 1. The Labute approximate surface area is 261 Å². The second-order valence-corrected chi connectivity index (χ2v) is 13.1. The number of piperidine rings is 1. The Morgan fingerprint density at radius 3 is 2.18 bits per heavy atom. The fourth-order valence-electron chi connectivity index (χ4n) is 6.20. The smallest absolute Gasteiger partial charge is 0.347 e. The second-order valence-electron chi connectivity index (χ2n) is 13.1. The van der Waals surface area contributed by atoms with E-state index in [1.807, 2.05) is 48.5 Å². The van der Waals surface area contributed by atoms with Crippen molar-refractivity contribution in [1.29, 1.82) is 0 Å². The van der Waals surface area contributed by atoms with Gasteiger partial charge in [0.15, 0.2) is 6.10 Å². The van der Waals surface area contributed by atoms with Crippen LogP contribution < -0.4 is 14.8 Å². The van der Waals surface area contributed by atoms with Crippen LogP contribution in [-0.4, -0.2) is 55.7 Å². The van der Waals surface area contributed by atoms with E-state index in [9.17, 15) is 9.59 Å². The van der Waals surface area contributed by atoms with E-state index >= 15 is 0 Å².